The summed E-state index contributed by atoms with van der Waals surface area (Å²) in [7, 11) is 0. The molecule has 0 saturated heterocycles. The highest BCUT2D eigenvalue weighted by Crippen LogP contribution is 2.58. The number of aromatic nitrogens is 2. The summed E-state index contributed by atoms with van der Waals surface area (Å²) < 4.78 is 5.04. The highest BCUT2D eigenvalue weighted by Gasteiger charge is 2.33. The van der Waals surface area contributed by atoms with Crippen molar-refractivity contribution < 1.29 is 0 Å². The summed E-state index contributed by atoms with van der Waals surface area (Å²) in [5.74, 6) is 0. The minimum absolute atomic E-state index is 0.962. The smallest absolute Gasteiger partial charge is 0.0577 e. The molecule has 0 saturated carbocycles. The van der Waals surface area contributed by atoms with Crippen LogP contribution in [0.1, 0.15) is 13.8 Å². The van der Waals surface area contributed by atoms with Gasteiger partial charge in [0.2, 0.25) is 0 Å². The summed E-state index contributed by atoms with van der Waals surface area (Å²) in [5.41, 5.74) is 13.8. The summed E-state index contributed by atoms with van der Waals surface area (Å²) in [5, 5.41) is 13.9. The Labute approximate surface area is 242 Å². The zero-order valence-electron chi connectivity index (χ0n) is 23.5. The fourth-order valence-corrected chi connectivity index (χ4v) is 9.07. The quantitative estimate of drug-likeness (QED) is 0.154. The SMILES string of the molecule is CCn1c2c(c3ccccc31)-c1ccc3c4ccc5c6c(ccc(c7ccc-2c1c37)c64)-c1c-5c2ccccc2n1CC. The van der Waals surface area contributed by atoms with Crippen molar-refractivity contribution >= 4 is 64.9 Å². The first-order valence-electron chi connectivity index (χ1n) is 15.2. The van der Waals surface area contributed by atoms with Crippen LogP contribution in [0.15, 0.2) is 97.1 Å². The van der Waals surface area contributed by atoms with Crippen LogP contribution in [-0.2, 0) is 13.1 Å². The maximum absolute atomic E-state index is 2.52. The molecule has 196 valence electrons. The second-order valence-corrected chi connectivity index (χ2v) is 12.1. The van der Waals surface area contributed by atoms with Gasteiger partial charge in [0.15, 0.2) is 0 Å². The van der Waals surface area contributed by atoms with Crippen molar-refractivity contribution in [3.63, 3.8) is 0 Å². The minimum Gasteiger partial charge on any atom is -0.340 e. The molecule has 2 nitrogen and oxygen atoms in total. The maximum Gasteiger partial charge on any atom is 0.0577 e. The molecule has 0 amide bonds. The fourth-order valence-electron chi connectivity index (χ4n) is 9.07. The molecular weight excluding hydrogens is 508 g/mol. The molecule has 0 atom stereocenters. The van der Waals surface area contributed by atoms with E-state index in [9.17, 15) is 0 Å². The number of benzene rings is 7. The Bertz CT molecular complexity index is 2490. The fraction of sp³-hybridized carbons (Fsp3) is 0.100. The Hall–Kier alpha value is -5.08. The standard InChI is InChI=1S/C40H26N2/c1-3-41-31-11-7-5-9-25(31)37-27-17-13-21-22-14-18-28-36-30(40-38(28)26-10-6-8-12-32(26)42(40)4-2)20-16-24(34(22)36)23-15-19-29(39(37)41)35(27)33(21)23/h5-20H,3-4H2,1-2H3. The Morgan fingerprint density at radius 1 is 0.381 bits per heavy atom. The molecule has 0 fully saturated rings. The number of fused-ring (bicyclic) bond motifs is 12. The van der Waals surface area contributed by atoms with E-state index in [2.05, 4.69) is 120 Å². The van der Waals surface area contributed by atoms with E-state index in [1.165, 1.54) is 110 Å². The Balaban J connectivity index is 1.31. The van der Waals surface area contributed by atoms with Crippen molar-refractivity contribution in [3.05, 3.63) is 97.1 Å². The van der Waals surface area contributed by atoms with Crippen LogP contribution in [0.25, 0.3) is 110 Å². The van der Waals surface area contributed by atoms with Gasteiger partial charge in [0.05, 0.1) is 11.4 Å². The first-order chi connectivity index (χ1) is 20.8. The van der Waals surface area contributed by atoms with Crippen molar-refractivity contribution in [1.29, 1.82) is 0 Å². The third-order valence-electron chi connectivity index (χ3n) is 10.5. The van der Waals surface area contributed by atoms with E-state index in [1.807, 2.05) is 0 Å². The molecule has 0 radical (unpaired) electrons. The van der Waals surface area contributed by atoms with Gasteiger partial charge in [-0.15, -0.1) is 0 Å². The molecule has 0 bridgehead atoms. The van der Waals surface area contributed by atoms with E-state index >= 15 is 0 Å². The molecule has 2 aliphatic rings. The molecule has 0 unspecified atom stereocenters. The van der Waals surface area contributed by atoms with E-state index < -0.39 is 0 Å². The first-order valence-corrected chi connectivity index (χ1v) is 15.2. The number of hydrogen-bond acceptors (Lipinski definition) is 0. The van der Waals surface area contributed by atoms with Gasteiger partial charge in [-0.1, -0.05) is 84.9 Å². The number of rotatable bonds is 2. The lowest BCUT2D eigenvalue weighted by Gasteiger charge is -2.18. The van der Waals surface area contributed by atoms with Crippen LogP contribution in [0.4, 0.5) is 0 Å². The van der Waals surface area contributed by atoms with E-state index in [4.69, 9.17) is 0 Å². The molecule has 0 aliphatic heterocycles. The number of para-hydroxylation sites is 2. The van der Waals surface area contributed by atoms with Gasteiger partial charge in [0.1, 0.15) is 0 Å². The molecule has 0 spiro atoms. The van der Waals surface area contributed by atoms with Gasteiger partial charge in [0.25, 0.3) is 0 Å². The van der Waals surface area contributed by atoms with Gasteiger partial charge >= 0.3 is 0 Å². The van der Waals surface area contributed by atoms with Crippen LogP contribution in [0.2, 0.25) is 0 Å². The van der Waals surface area contributed by atoms with Crippen molar-refractivity contribution in [2.45, 2.75) is 26.9 Å². The summed E-state index contributed by atoms with van der Waals surface area (Å²) >= 11 is 0. The number of nitrogens with zero attached hydrogens (tertiary/aromatic N) is 2. The highest BCUT2D eigenvalue weighted by molar-refractivity contribution is 6.41. The monoisotopic (exact) mass is 534 g/mol. The molecule has 42 heavy (non-hydrogen) atoms. The number of aryl methyl sites for hydroxylation is 2. The Kier molecular flexibility index (Phi) is 3.62. The van der Waals surface area contributed by atoms with Gasteiger partial charge in [-0.05, 0) is 69.4 Å². The second-order valence-electron chi connectivity index (χ2n) is 12.1. The highest BCUT2D eigenvalue weighted by atomic mass is 15.0. The van der Waals surface area contributed by atoms with E-state index in [0.29, 0.717) is 0 Å². The molecule has 11 rings (SSSR count). The molecule has 2 heteroatoms. The summed E-state index contributed by atoms with van der Waals surface area (Å²) in [6.45, 7) is 6.46. The van der Waals surface area contributed by atoms with Crippen LogP contribution in [-0.4, -0.2) is 9.13 Å². The molecule has 0 N–H and O–H groups in total. The summed E-state index contributed by atoms with van der Waals surface area (Å²) in [6, 6.07) is 37.1. The molecule has 2 aromatic heterocycles. The molecule has 9 aromatic rings. The second kappa shape index (κ2) is 7.03. The molecule has 2 aliphatic carbocycles. The predicted octanol–water partition coefficient (Wildman–Crippen LogP) is 11.0. The lowest BCUT2D eigenvalue weighted by molar-refractivity contribution is 0.807. The average Bonchev–Trinajstić information content (AvgIpc) is 3.75. The Morgan fingerprint density at radius 3 is 1.17 bits per heavy atom. The summed E-state index contributed by atoms with van der Waals surface area (Å²) in [6.07, 6.45) is 0. The van der Waals surface area contributed by atoms with Crippen molar-refractivity contribution in [2.75, 3.05) is 0 Å². The number of hydrogen-bond donors (Lipinski definition) is 0. The zero-order chi connectivity index (χ0) is 27.4. The molecular formula is C40H26N2. The van der Waals surface area contributed by atoms with Crippen LogP contribution < -0.4 is 0 Å². The van der Waals surface area contributed by atoms with Crippen LogP contribution in [0.3, 0.4) is 0 Å². The normalized spacial score (nSPS) is 13.2. The van der Waals surface area contributed by atoms with Gasteiger partial charge < -0.3 is 9.13 Å². The van der Waals surface area contributed by atoms with Crippen molar-refractivity contribution in [1.82, 2.24) is 9.13 Å². The average molecular weight is 535 g/mol. The van der Waals surface area contributed by atoms with Crippen LogP contribution in [0.5, 0.6) is 0 Å². The summed E-state index contributed by atoms with van der Waals surface area (Å²) in [4.78, 5) is 0. The maximum atomic E-state index is 2.52. The predicted molar refractivity (Wildman–Crippen MR) is 179 cm³/mol. The topological polar surface area (TPSA) is 9.86 Å². The van der Waals surface area contributed by atoms with Crippen molar-refractivity contribution in [3.8, 4) is 44.8 Å². The van der Waals surface area contributed by atoms with E-state index in [0.717, 1.165) is 13.1 Å². The van der Waals surface area contributed by atoms with Gasteiger partial charge in [-0.3, -0.25) is 0 Å². The van der Waals surface area contributed by atoms with Gasteiger partial charge in [-0.2, -0.15) is 0 Å². The lowest BCUT2D eigenvalue weighted by Crippen LogP contribution is -1.96. The third kappa shape index (κ3) is 2.14. The van der Waals surface area contributed by atoms with Crippen molar-refractivity contribution in [2.24, 2.45) is 0 Å². The minimum atomic E-state index is 0.962. The largest absolute Gasteiger partial charge is 0.340 e. The molecule has 2 heterocycles. The van der Waals surface area contributed by atoms with Crippen LogP contribution in [0, 0.1) is 0 Å². The van der Waals surface area contributed by atoms with E-state index in [1.54, 1.807) is 0 Å². The van der Waals surface area contributed by atoms with Crippen LogP contribution >= 0.6 is 0 Å². The Morgan fingerprint density at radius 2 is 0.762 bits per heavy atom. The zero-order valence-corrected chi connectivity index (χ0v) is 23.5. The first kappa shape index (κ1) is 21.6. The van der Waals surface area contributed by atoms with Gasteiger partial charge in [0, 0.05) is 67.9 Å². The lowest BCUT2D eigenvalue weighted by atomic mass is 9.86. The third-order valence-corrected chi connectivity index (χ3v) is 10.5. The molecule has 7 aromatic carbocycles. The van der Waals surface area contributed by atoms with Gasteiger partial charge in [-0.25, -0.2) is 0 Å². The van der Waals surface area contributed by atoms with E-state index in [-0.39, 0.29) is 0 Å².